The van der Waals surface area contributed by atoms with E-state index in [-0.39, 0.29) is 11.8 Å². The van der Waals surface area contributed by atoms with Gasteiger partial charge in [-0.1, -0.05) is 47.1 Å². The van der Waals surface area contributed by atoms with E-state index in [0.717, 1.165) is 27.4 Å². The number of nitrogens with one attached hydrogen (secondary N) is 2. The Morgan fingerprint density at radius 1 is 0.846 bits per heavy atom. The van der Waals surface area contributed by atoms with E-state index in [1.807, 2.05) is 43.3 Å². The van der Waals surface area contributed by atoms with Crippen molar-refractivity contribution in [2.45, 2.75) is 19.8 Å². The second-order valence-electron chi connectivity index (χ2n) is 5.97. The lowest BCUT2D eigenvalue weighted by atomic mass is 10.0. The second-order valence-corrected chi connectivity index (χ2v) is 6.82. The summed E-state index contributed by atoms with van der Waals surface area (Å²) in [5, 5.41) is 7.62. The molecule has 2 N–H and O–H groups in total. The molecule has 0 aliphatic rings. The van der Waals surface area contributed by atoms with Crippen LogP contribution in [0.3, 0.4) is 0 Å². The Morgan fingerprint density at radius 3 is 2.15 bits per heavy atom. The summed E-state index contributed by atoms with van der Waals surface area (Å²) < 4.78 is 0.955. The van der Waals surface area contributed by atoms with E-state index in [4.69, 9.17) is 0 Å². The number of halogens is 1. The SMILES string of the molecule is CCCC(=O)Nc1ccc(NC(=O)c2cccc3c(Br)cccc23)cc1. The van der Waals surface area contributed by atoms with Gasteiger partial charge < -0.3 is 10.6 Å². The third kappa shape index (κ3) is 4.11. The fourth-order valence-corrected chi connectivity index (χ4v) is 3.25. The number of carbonyl (C=O) groups is 2. The average Bonchev–Trinajstić information content (AvgIpc) is 2.63. The number of fused-ring (bicyclic) bond motifs is 1. The van der Waals surface area contributed by atoms with Gasteiger partial charge in [-0.2, -0.15) is 0 Å². The van der Waals surface area contributed by atoms with E-state index in [0.29, 0.717) is 17.7 Å². The fraction of sp³-hybridized carbons (Fsp3) is 0.143. The molecule has 3 aromatic rings. The molecule has 26 heavy (non-hydrogen) atoms. The van der Waals surface area contributed by atoms with Crippen molar-refractivity contribution in [3.05, 3.63) is 70.7 Å². The van der Waals surface area contributed by atoms with Crippen LogP contribution in [0.4, 0.5) is 11.4 Å². The minimum Gasteiger partial charge on any atom is -0.326 e. The monoisotopic (exact) mass is 410 g/mol. The van der Waals surface area contributed by atoms with Gasteiger partial charge in [0.1, 0.15) is 0 Å². The summed E-state index contributed by atoms with van der Waals surface area (Å²) in [4.78, 5) is 24.3. The van der Waals surface area contributed by atoms with Gasteiger partial charge in [0, 0.05) is 27.8 Å². The quantitative estimate of drug-likeness (QED) is 0.575. The molecule has 0 aliphatic heterocycles. The van der Waals surface area contributed by atoms with E-state index in [1.165, 1.54) is 0 Å². The van der Waals surface area contributed by atoms with Gasteiger partial charge in [0.2, 0.25) is 5.91 Å². The Bertz CT molecular complexity index is 952. The second kappa shape index (κ2) is 8.15. The molecule has 0 bridgehead atoms. The van der Waals surface area contributed by atoms with E-state index in [9.17, 15) is 9.59 Å². The zero-order chi connectivity index (χ0) is 18.5. The molecule has 0 saturated heterocycles. The Kier molecular flexibility index (Phi) is 5.68. The van der Waals surface area contributed by atoms with Crippen LogP contribution in [0.25, 0.3) is 10.8 Å². The van der Waals surface area contributed by atoms with Crippen molar-refractivity contribution in [1.82, 2.24) is 0 Å². The molecule has 2 amide bonds. The summed E-state index contributed by atoms with van der Waals surface area (Å²) in [7, 11) is 0. The van der Waals surface area contributed by atoms with Crippen molar-refractivity contribution in [3.8, 4) is 0 Å². The fourth-order valence-electron chi connectivity index (χ4n) is 2.76. The zero-order valence-corrected chi connectivity index (χ0v) is 16.0. The first-order valence-corrected chi connectivity index (χ1v) is 9.26. The lowest BCUT2D eigenvalue weighted by Gasteiger charge is -2.10. The first-order valence-electron chi connectivity index (χ1n) is 8.47. The Hall–Kier alpha value is -2.66. The molecular formula is C21H19BrN2O2. The number of hydrogen-bond donors (Lipinski definition) is 2. The molecule has 0 aromatic heterocycles. The zero-order valence-electron chi connectivity index (χ0n) is 14.4. The van der Waals surface area contributed by atoms with Crippen LogP contribution in [0, 0.1) is 0 Å². The predicted octanol–water partition coefficient (Wildman–Crippen LogP) is 5.59. The largest absolute Gasteiger partial charge is 0.326 e. The summed E-state index contributed by atoms with van der Waals surface area (Å²) in [5.74, 6) is -0.179. The number of amides is 2. The molecule has 0 saturated carbocycles. The van der Waals surface area contributed by atoms with Gasteiger partial charge >= 0.3 is 0 Å². The van der Waals surface area contributed by atoms with Crippen molar-refractivity contribution in [2.75, 3.05) is 10.6 Å². The molecule has 0 unspecified atom stereocenters. The Balaban J connectivity index is 1.76. The van der Waals surface area contributed by atoms with Gasteiger partial charge in [0.05, 0.1) is 0 Å². The molecule has 0 spiro atoms. The number of carbonyl (C=O) groups excluding carboxylic acids is 2. The van der Waals surface area contributed by atoms with Crippen molar-refractivity contribution >= 4 is 49.9 Å². The third-order valence-corrected chi connectivity index (χ3v) is 4.71. The molecule has 0 fully saturated rings. The average molecular weight is 411 g/mol. The van der Waals surface area contributed by atoms with Gasteiger partial charge in [0.25, 0.3) is 5.91 Å². The molecule has 132 valence electrons. The number of benzene rings is 3. The maximum Gasteiger partial charge on any atom is 0.256 e. The van der Waals surface area contributed by atoms with Crippen LogP contribution >= 0.6 is 15.9 Å². The van der Waals surface area contributed by atoms with Gasteiger partial charge in [0.15, 0.2) is 0 Å². The third-order valence-electron chi connectivity index (χ3n) is 4.02. The van der Waals surface area contributed by atoms with Gasteiger partial charge in [-0.15, -0.1) is 0 Å². The molecular weight excluding hydrogens is 392 g/mol. The standard InChI is InChI=1S/C21H19BrN2O2/c1-2-5-20(25)23-14-10-12-15(13-11-14)24-21(26)18-8-3-7-17-16(18)6-4-9-19(17)22/h3-4,6-13H,2,5H2,1H3,(H,23,25)(H,24,26). The van der Waals surface area contributed by atoms with Crippen LogP contribution in [0.15, 0.2) is 65.1 Å². The molecule has 0 heterocycles. The van der Waals surface area contributed by atoms with Gasteiger partial charge in [-0.25, -0.2) is 0 Å². The predicted molar refractivity (Wildman–Crippen MR) is 110 cm³/mol. The van der Waals surface area contributed by atoms with Crippen LogP contribution in [-0.2, 0) is 4.79 Å². The topological polar surface area (TPSA) is 58.2 Å². The lowest BCUT2D eigenvalue weighted by Crippen LogP contribution is -2.13. The summed E-state index contributed by atoms with van der Waals surface area (Å²) in [6.45, 7) is 1.96. The molecule has 0 aliphatic carbocycles. The van der Waals surface area contributed by atoms with E-state index in [1.54, 1.807) is 24.3 Å². The van der Waals surface area contributed by atoms with Crippen LogP contribution < -0.4 is 10.6 Å². The van der Waals surface area contributed by atoms with E-state index < -0.39 is 0 Å². The van der Waals surface area contributed by atoms with Crippen molar-refractivity contribution in [3.63, 3.8) is 0 Å². The maximum atomic E-state index is 12.7. The maximum absolute atomic E-state index is 12.7. The van der Waals surface area contributed by atoms with E-state index >= 15 is 0 Å². The number of anilines is 2. The lowest BCUT2D eigenvalue weighted by molar-refractivity contribution is -0.116. The minimum absolute atomic E-state index is 0.00869. The van der Waals surface area contributed by atoms with Gasteiger partial charge in [-0.05, 0) is 53.6 Å². The molecule has 0 atom stereocenters. The molecule has 3 rings (SSSR count). The van der Waals surface area contributed by atoms with Crippen molar-refractivity contribution in [1.29, 1.82) is 0 Å². The van der Waals surface area contributed by atoms with Crippen LogP contribution in [-0.4, -0.2) is 11.8 Å². The highest BCUT2D eigenvalue weighted by molar-refractivity contribution is 9.10. The summed E-state index contributed by atoms with van der Waals surface area (Å²) >= 11 is 3.52. The molecule has 0 radical (unpaired) electrons. The minimum atomic E-state index is -0.170. The Labute approximate surface area is 160 Å². The Morgan fingerprint density at radius 2 is 1.46 bits per heavy atom. The van der Waals surface area contributed by atoms with Gasteiger partial charge in [-0.3, -0.25) is 9.59 Å². The molecule has 5 heteroatoms. The normalized spacial score (nSPS) is 10.5. The first kappa shape index (κ1) is 18.1. The smallest absolute Gasteiger partial charge is 0.256 e. The highest BCUT2D eigenvalue weighted by Crippen LogP contribution is 2.27. The highest BCUT2D eigenvalue weighted by atomic mass is 79.9. The number of rotatable bonds is 5. The first-order chi connectivity index (χ1) is 12.6. The van der Waals surface area contributed by atoms with E-state index in [2.05, 4.69) is 26.6 Å². The van der Waals surface area contributed by atoms with Crippen LogP contribution in [0.5, 0.6) is 0 Å². The van der Waals surface area contributed by atoms with Crippen molar-refractivity contribution in [2.24, 2.45) is 0 Å². The molecule has 3 aromatic carbocycles. The van der Waals surface area contributed by atoms with Crippen LogP contribution in [0.2, 0.25) is 0 Å². The number of hydrogen-bond acceptors (Lipinski definition) is 2. The summed E-state index contributed by atoms with van der Waals surface area (Å²) in [5.41, 5.74) is 2.01. The van der Waals surface area contributed by atoms with Crippen molar-refractivity contribution < 1.29 is 9.59 Å². The highest BCUT2D eigenvalue weighted by Gasteiger charge is 2.11. The summed E-state index contributed by atoms with van der Waals surface area (Å²) in [6.07, 6.45) is 1.30. The molecule has 4 nitrogen and oxygen atoms in total. The summed E-state index contributed by atoms with van der Waals surface area (Å²) in [6, 6.07) is 18.6. The van der Waals surface area contributed by atoms with Crippen LogP contribution in [0.1, 0.15) is 30.1 Å².